The van der Waals surface area contributed by atoms with E-state index in [9.17, 15) is 9.59 Å². The van der Waals surface area contributed by atoms with Gasteiger partial charge in [0.15, 0.2) is 5.78 Å². The first-order chi connectivity index (χ1) is 10.1. The summed E-state index contributed by atoms with van der Waals surface area (Å²) >= 11 is 0. The molecule has 1 atom stereocenters. The number of carboxylic acids is 1. The van der Waals surface area contributed by atoms with Gasteiger partial charge in [0.1, 0.15) is 6.04 Å². The summed E-state index contributed by atoms with van der Waals surface area (Å²) in [6, 6.07) is 8.48. The third-order valence-electron chi connectivity index (χ3n) is 3.65. The van der Waals surface area contributed by atoms with Crippen LogP contribution in [0.2, 0.25) is 0 Å². The maximum absolute atomic E-state index is 12.2. The molecule has 0 unspecified atom stereocenters. The van der Waals surface area contributed by atoms with E-state index in [1.807, 2.05) is 18.2 Å². The van der Waals surface area contributed by atoms with Crippen LogP contribution in [-0.2, 0) is 24.3 Å². The highest BCUT2D eigenvalue weighted by Crippen LogP contribution is 2.16. The quantitative estimate of drug-likeness (QED) is 0.814. The molecule has 0 aliphatic carbocycles. The fourth-order valence-electron chi connectivity index (χ4n) is 2.49. The number of hydrogen-bond acceptors (Lipinski definition) is 4. The van der Waals surface area contributed by atoms with Crippen molar-refractivity contribution in [3.8, 4) is 0 Å². The molecule has 0 fully saturated rings. The summed E-state index contributed by atoms with van der Waals surface area (Å²) < 4.78 is 1.79. The Bertz CT molecular complexity index is 679. The predicted octanol–water partition coefficient (Wildman–Crippen LogP) is 0.865. The molecule has 1 aliphatic rings. The van der Waals surface area contributed by atoms with Crippen molar-refractivity contribution in [2.75, 3.05) is 0 Å². The lowest BCUT2D eigenvalue weighted by molar-refractivity contribution is -0.139. The zero-order valence-electron chi connectivity index (χ0n) is 11.3. The van der Waals surface area contributed by atoms with E-state index in [4.69, 9.17) is 5.11 Å². The second-order valence-corrected chi connectivity index (χ2v) is 5.03. The molecule has 0 amide bonds. The molecule has 1 aromatic heterocycles. The van der Waals surface area contributed by atoms with Crippen molar-refractivity contribution in [3.05, 3.63) is 53.6 Å². The lowest BCUT2D eigenvalue weighted by Crippen LogP contribution is -2.42. The zero-order chi connectivity index (χ0) is 14.8. The molecule has 21 heavy (non-hydrogen) atoms. The minimum absolute atomic E-state index is 0.0103. The lowest BCUT2D eigenvalue weighted by atomic mass is 10.1. The average molecular weight is 285 g/mol. The Kier molecular flexibility index (Phi) is 3.53. The first-order valence-electron chi connectivity index (χ1n) is 6.72. The number of ketones is 1. The summed E-state index contributed by atoms with van der Waals surface area (Å²) in [5.74, 6) is -0.869. The number of Topliss-reactive ketones (excluding diaryl/α,β-unsaturated/α-hetero) is 1. The standard InChI is InChI=1S/C15H15N3O3/c19-14(10-4-2-1-3-5-10)8-18-9-17-11-6-12(15(20)21)16-7-13(11)18/h1-5,9,12,16H,6-8H2,(H,20,21)/t12-/m0/s1. The van der Waals surface area contributed by atoms with Crippen LogP contribution in [0.4, 0.5) is 0 Å². The van der Waals surface area contributed by atoms with Gasteiger partial charge in [0.05, 0.1) is 24.3 Å². The molecule has 0 spiro atoms. The van der Waals surface area contributed by atoms with E-state index in [-0.39, 0.29) is 12.3 Å². The minimum atomic E-state index is -0.879. The van der Waals surface area contributed by atoms with E-state index in [0.717, 1.165) is 11.4 Å². The molecule has 3 rings (SSSR count). The number of rotatable bonds is 4. The smallest absolute Gasteiger partial charge is 0.321 e. The summed E-state index contributed by atoms with van der Waals surface area (Å²) in [5, 5.41) is 12.0. The van der Waals surface area contributed by atoms with Gasteiger partial charge < -0.3 is 9.67 Å². The molecule has 2 heterocycles. The van der Waals surface area contributed by atoms with Crippen LogP contribution in [0.5, 0.6) is 0 Å². The number of aromatic nitrogens is 2. The van der Waals surface area contributed by atoms with Crippen LogP contribution < -0.4 is 5.32 Å². The predicted molar refractivity (Wildman–Crippen MR) is 75.0 cm³/mol. The lowest BCUT2D eigenvalue weighted by Gasteiger charge is -2.21. The number of carbonyl (C=O) groups excluding carboxylic acids is 1. The molecule has 6 heteroatoms. The van der Waals surface area contributed by atoms with Crippen molar-refractivity contribution in [1.29, 1.82) is 0 Å². The Balaban J connectivity index is 1.77. The van der Waals surface area contributed by atoms with E-state index < -0.39 is 12.0 Å². The molecule has 0 saturated heterocycles. The number of fused-ring (bicyclic) bond motifs is 1. The molecule has 6 nitrogen and oxygen atoms in total. The molecule has 0 radical (unpaired) electrons. The number of nitrogens with one attached hydrogen (secondary N) is 1. The van der Waals surface area contributed by atoms with Crippen LogP contribution in [0.15, 0.2) is 36.7 Å². The van der Waals surface area contributed by atoms with Gasteiger partial charge in [-0.3, -0.25) is 14.9 Å². The van der Waals surface area contributed by atoms with Gasteiger partial charge >= 0.3 is 5.97 Å². The first kappa shape index (κ1) is 13.5. The number of aliphatic carboxylic acids is 1. The highest BCUT2D eigenvalue weighted by molar-refractivity contribution is 5.95. The largest absolute Gasteiger partial charge is 0.480 e. The van der Waals surface area contributed by atoms with Gasteiger partial charge in [-0.2, -0.15) is 0 Å². The maximum Gasteiger partial charge on any atom is 0.321 e. The Morgan fingerprint density at radius 1 is 1.33 bits per heavy atom. The second kappa shape index (κ2) is 5.49. The maximum atomic E-state index is 12.2. The van der Waals surface area contributed by atoms with Gasteiger partial charge in [-0.1, -0.05) is 30.3 Å². The average Bonchev–Trinajstić information content (AvgIpc) is 2.90. The number of nitrogens with zero attached hydrogens (tertiary/aromatic N) is 2. The Morgan fingerprint density at radius 3 is 2.81 bits per heavy atom. The second-order valence-electron chi connectivity index (χ2n) is 5.03. The molecular weight excluding hydrogens is 270 g/mol. The highest BCUT2D eigenvalue weighted by atomic mass is 16.4. The molecule has 108 valence electrons. The Labute approximate surface area is 121 Å². The van der Waals surface area contributed by atoms with Crippen molar-refractivity contribution in [2.45, 2.75) is 25.6 Å². The van der Waals surface area contributed by atoms with Crippen LogP contribution in [0.25, 0.3) is 0 Å². The molecule has 1 aromatic carbocycles. The number of carboxylic acid groups (broad SMARTS) is 1. The van der Waals surface area contributed by atoms with Crippen molar-refractivity contribution >= 4 is 11.8 Å². The van der Waals surface area contributed by atoms with E-state index in [1.165, 1.54) is 0 Å². The fraction of sp³-hybridized carbons (Fsp3) is 0.267. The number of carbonyl (C=O) groups is 2. The summed E-state index contributed by atoms with van der Waals surface area (Å²) in [7, 11) is 0. The number of benzene rings is 1. The van der Waals surface area contributed by atoms with Crippen LogP contribution in [-0.4, -0.2) is 32.5 Å². The van der Waals surface area contributed by atoms with E-state index in [1.54, 1.807) is 23.0 Å². The molecule has 0 bridgehead atoms. The summed E-state index contributed by atoms with van der Waals surface area (Å²) in [6.45, 7) is 0.625. The van der Waals surface area contributed by atoms with Crippen molar-refractivity contribution in [3.63, 3.8) is 0 Å². The van der Waals surface area contributed by atoms with Crippen LogP contribution >= 0.6 is 0 Å². The molecular formula is C15H15N3O3. The van der Waals surface area contributed by atoms with E-state index in [0.29, 0.717) is 18.5 Å². The van der Waals surface area contributed by atoms with Gasteiger partial charge in [-0.15, -0.1) is 0 Å². The van der Waals surface area contributed by atoms with Crippen LogP contribution in [0.1, 0.15) is 21.7 Å². The van der Waals surface area contributed by atoms with Gasteiger partial charge in [0, 0.05) is 18.5 Å². The SMILES string of the molecule is O=C(Cn1cnc2c1CN[C@H](C(=O)O)C2)c1ccccc1. The summed E-state index contributed by atoms with van der Waals surface area (Å²) in [4.78, 5) is 27.4. The fourth-order valence-corrected chi connectivity index (χ4v) is 2.49. The third-order valence-corrected chi connectivity index (χ3v) is 3.65. The summed E-state index contributed by atoms with van der Waals surface area (Å²) in [5.41, 5.74) is 2.30. The zero-order valence-corrected chi connectivity index (χ0v) is 11.3. The van der Waals surface area contributed by atoms with Crippen molar-refractivity contribution < 1.29 is 14.7 Å². The minimum Gasteiger partial charge on any atom is -0.480 e. The highest BCUT2D eigenvalue weighted by Gasteiger charge is 2.27. The van der Waals surface area contributed by atoms with E-state index >= 15 is 0 Å². The van der Waals surface area contributed by atoms with Crippen LogP contribution in [0.3, 0.4) is 0 Å². The normalized spacial score (nSPS) is 17.2. The monoisotopic (exact) mass is 285 g/mol. The van der Waals surface area contributed by atoms with Crippen molar-refractivity contribution in [2.24, 2.45) is 0 Å². The molecule has 0 saturated carbocycles. The van der Waals surface area contributed by atoms with Gasteiger partial charge in [-0.25, -0.2) is 4.98 Å². The number of imidazole rings is 1. The Hall–Kier alpha value is -2.47. The Morgan fingerprint density at radius 2 is 2.10 bits per heavy atom. The molecule has 1 aliphatic heterocycles. The topological polar surface area (TPSA) is 84.2 Å². The van der Waals surface area contributed by atoms with Crippen molar-refractivity contribution in [1.82, 2.24) is 14.9 Å². The van der Waals surface area contributed by atoms with Gasteiger partial charge in [0.2, 0.25) is 0 Å². The third kappa shape index (κ3) is 2.71. The molecule has 2 N–H and O–H groups in total. The molecule has 2 aromatic rings. The first-order valence-corrected chi connectivity index (χ1v) is 6.72. The summed E-state index contributed by atoms with van der Waals surface area (Å²) in [6.07, 6.45) is 1.95. The number of hydrogen-bond donors (Lipinski definition) is 2. The van der Waals surface area contributed by atoms with Gasteiger partial charge in [0.25, 0.3) is 0 Å². The van der Waals surface area contributed by atoms with Gasteiger partial charge in [-0.05, 0) is 0 Å². The van der Waals surface area contributed by atoms with Crippen LogP contribution in [0, 0.1) is 0 Å². The van der Waals surface area contributed by atoms with E-state index in [2.05, 4.69) is 10.3 Å².